The summed E-state index contributed by atoms with van der Waals surface area (Å²) in [6.07, 6.45) is 0.801. The van der Waals surface area contributed by atoms with Crippen molar-refractivity contribution in [2.24, 2.45) is 0 Å². The first-order valence-electron chi connectivity index (χ1n) is 4.04. The Morgan fingerprint density at radius 3 is 2.85 bits per heavy atom. The fourth-order valence-corrected chi connectivity index (χ4v) is 1.89. The van der Waals surface area contributed by atoms with Gasteiger partial charge in [-0.3, -0.25) is 0 Å². The van der Waals surface area contributed by atoms with Gasteiger partial charge in [-0.05, 0) is 34.0 Å². The van der Waals surface area contributed by atoms with Gasteiger partial charge >= 0.3 is 0 Å². The molecule has 1 aromatic carbocycles. The zero-order valence-corrected chi connectivity index (χ0v) is 9.56. The van der Waals surface area contributed by atoms with Crippen LogP contribution in [-0.2, 0) is 0 Å². The van der Waals surface area contributed by atoms with Crippen LogP contribution in [0, 0.1) is 11.3 Å². The van der Waals surface area contributed by atoms with Crippen molar-refractivity contribution in [3.8, 4) is 6.07 Å². The van der Waals surface area contributed by atoms with Crippen LogP contribution >= 0.6 is 27.5 Å². The first kappa shape index (κ1) is 10.6. The summed E-state index contributed by atoms with van der Waals surface area (Å²) in [6.45, 7) is 1.99. The molecule has 1 unspecified atom stereocenters. The molecule has 0 amide bonds. The molecule has 0 aliphatic carbocycles. The third kappa shape index (κ3) is 2.24. The van der Waals surface area contributed by atoms with Crippen LogP contribution in [0.25, 0.3) is 0 Å². The lowest BCUT2D eigenvalue weighted by molar-refractivity contribution is 0.814. The Labute approximate surface area is 91.5 Å². The minimum Gasteiger partial charge on any atom is -0.198 e. The molecule has 0 fully saturated rings. The highest BCUT2D eigenvalue weighted by Crippen LogP contribution is 2.32. The van der Waals surface area contributed by atoms with Crippen molar-refractivity contribution in [2.45, 2.75) is 19.3 Å². The molecule has 68 valence electrons. The third-order valence-corrected chi connectivity index (χ3v) is 3.35. The van der Waals surface area contributed by atoms with Crippen molar-refractivity contribution >= 4 is 27.5 Å². The van der Waals surface area contributed by atoms with E-state index in [2.05, 4.69) is 22.0 Å². The summed E-state index contributed by atoms with van der Waals surface area (Å²) in [4.78, 5) is 0. The van der Waals surface area contributed by atoms with Crippen molar-refractivity contribution in [3.63, 3.8) is 0 Å². The van der Waals surface area contributed by atoms with E-state index in [1.165, 1.54) is 0 Å². The van der Waals surface area contributed by atoms with E-state index in [1.807, 2.05) is 19.1 Å². The van der Waals surface area contributed by atoms with Gasteiger partial charge < -0.3 is 0 Å². The molecule has 1 rings (SSSR count). The SMILES string of the molecule is CCC(C#N)c1cccc(Cl)c1Br. The lowest BCUT2D eigenvalue weighted by Gasteiger charge is -2.09. The zero-order chi connectivity index (χ0) is 9.84. The molecular weight excluding hydrogens is 249 g/mol. The van der Waals surface area contributed by atoms with Crippen LogP contribution in [0.4, 0.5) is 0 Å². The van der Waals surface area contributed by atoms with Gasteiger partial charge in [0.05, 0.1) is 17.0 Å². The fraction of sp³-hybridized carbons (Fsp3) is 0.300. The quantitative estimate of drug-likeness (QED) is 0.783. The summed E-state index contributed by atoms with van der Waals surface area (Å²) >= 11 is 9.29. The van der Waals surface area contributed by atoms with Gasteiger partial charge in [-0.2, -0.15) is 5.26 Å². The molecule has 1 aromatic rings. The van der Waals surface area contributed by atoms with Crippen LogP contribution in [-0.4, -0.2) is 0 Å². The number of rotatable bonds is 2. The number of halogens is 2. The lowest BCUT2D eigenvalue weighted by Crippen LogP contribution is -1.94. The number of benzene rings is 1. The molecule has 3 heteroatoms. The van der Waals surface area contributed by atoms with Crippen molar-refractivity contribution in [1.29, 1.82) is 5.26 Å². The van der Waals surface area contributed by atoms with E-state index in [-0.39, 0.29) is 5.92 Å². The van der Waals surface area contributed by atoms with E-state index in [4.69, 9.17) is 16.9 Å². The molecule has 0 saturated heterocycles. The van der Waals surface area contributed by atoms with Crippen molar-refractivity contribution in [1.82, 2.24) is 0 Å². The van der Waals surface area contributed by atoms with Crippen LogP contribution < -0.4 is 0 Å². The molecule has 0 heterocycles. The Morgan fingerprint density at radius 2 is 2.31 bits per heavy atom. The lowest BCUT2D eigenvalue weighted by atomic mass is 9.98. The van der Waals surface area contributed by atoms with Gasteiger partial charge in [0, 0.05) is 4.47 Å². The highest BCUT2D eigenvalue weighted by atomic mass is 79.9. The van der Waals surface area contributed by atoms with E-state index in [9.17, 15) is 0 Å². The number of nitriles is 1. The third-order valence-electron chi connectivity index (χ3n) is 1.92. The second kappa shape index (κ2) is 4.64. The van der Waals surface area contributed by atoms with Crippen molar-refractivity contribution in [3.05, 3.63) is 33.3 Å². The first-order valence-corrected chi connectivity index (χ1v) is 5.21. The van der Waals surface area contributed by atoms with E-state index in [0.29, 0.717) is 5.02 Å². The van der Waals surface area contributed by atoms with Gasteiger partial charge in [0.2, 0.25) is 0 Å². The predicted molar refractivity (Wildman–Crippen MR) is 57.8 cm³/mol. The van der Waals surface area contributed by atoms with Gasteiger partial charge in [-0.15, -0.1) is 0 Å². The van der Waals surface area contributed by atoms with Gasteiger partial charge in [0.15, 0.2) is 0 Å². The van der Waals surface area contributed by atoms with Crippen LogP contribution in [0.3, 0.4) is 0 Å². The van der Waals surface area contributed by atoms with E-state index < -0.39 is 0 Å². The standard InChI is InChI=1S/C10H9BrClN/c1-2-7(6-13)8-4-3-5-9(12)10(8)11/h3-5,7H,2H2,1H3. The molecule has 0 spiro atoms. The minimum atomic E-state index is -0.0759. The minimum absolute atomic E-state index is 0.0759. The van der Waals surface area contributed by atoms with E-state index >= 15 is 0 Å². The van der Waals surface area contributed by atoms with Gasteiger partial charge in [0.25, 0.3) is 0 Å². The van der Waals surface area contributed by atoms with Crippen LogP contribution in [0.1, 0.15) is 24.8 Å². The van der Waals surface area contributed by atoms with E-state index in [0.717, 1.165) is 16.5 Å². The van der Waals surface area contributed by atoms with Crippen LogP contribution in [0.5, 0.6) is 0 Å². The van der Waals surface area contributed by atoms with Gasteiger partial charge in [0.1, 0.15) is 0 Å². The molecule has 0 bridgehead atoms. The fourth-order valence-electron chi connectivity index (χ4n) is 1.17. The van der Waals surface area contributed by atoms with Gasteiger partial charge in [-0.25, -0.2) is 0 Å². The molecule has 1 atom stereocenters. The second-order valence-corrected chi connectivity index (χ2v) is 3.93. The molecular formula is C10H9BrClN. The first-order chi connectivity index (χ1) is 6.20. The summed E-state index contributed by atoms with van der Waals surface area (Å²) in [7, 11) is 0. The van der Waals surface area contributed by atoms with Crippen molar-refractivity contribution < 1.29 is 0 Å². The normalized spacial score (nSPS) is 12.2. The molecule has 0 N–H and O–H groups in total. The second-order valence-electron chi connectivity index (χ2n) is 2.73. The molecule has 0 aliphatic rings. The predicted octanol–water partition coefficient (Wildman–Crippen LogP) is 4.12. The number of nitrogens with zero attached hydrogens (tertiary/aromatic N) is 1. The maximum Gasteiger partial charge on any atom is 0.0721 e. The van der Waals surface area contributed by atoms with E-state index in [1.54, 1.807) is 6.07 Å². The molecule has 13 heavy (non-hydrogen) atoms. The molecule has 0 aromatic heterocycles. The number of hydrogen-bond donors (Lipinski definition) is 0. The highest BCUT2D eigenvalue weighted by molar-refractivity contribution is 9.10. The summed E-state index contributed by atoms with van der Waals surface area (Å²) in [5.74, 6) is -0.0759. The van der Waals surface area contributed by atoms with Crippen LogP contribution in [0.15, 0.2) is 22.7 Å². The monoisotopic (exact) mass is 257 g/mol. The maximum atomic E-state index is 8.88. The average molecular weight is 259 g/mol. The molecule has 0 radical (unpaired) electrons. The molecule has 0 aliphatic heterocycles. The van der Waals surface area contributed by atoms with Crippen LogP contribution in [0.2, 0.25) is 5.02 Å². The Hall–Kier alpha value is -0.520. The van der Waals surface area contributed by atoms with Crippen molar-refractivity contribution in [2.75, 3.05) is 0 Å². The summed E-state index contributed by atoms with van der Waals surface area (Å²) in [5.41, 5.74) is 0.970. The topological polar surface area (TPSA) is 23.8 Å². The smallest absolute Gasteiger partial charge is 0.0721 e. The Kier molecular flexibility index (Phi) is 3.77. The summed E-state index contributed by atoms with van der Waals surface area (Å²) in [6, 6.07) is 7.84. The molecule has 0 saturated carbocycles. The highest BCUT2D eigenvalue weighted by Gasteiger charge is 2.12. The Bertz CT molecular complexity index is 343. The Morgan fingerprint density at radius 1 is 1.62 bits per heavy atom. The summed E-state index contributed by atoms with van der Waals surface area (Å²) in [5, 5.41) is 9.54. The largest absolute Gasteiger partial charge is 0.198 e. The Balaban J connectivity index is 3.15. The molecule has 1 nitrogen and oxygen atoms in total. The average Bonchev–Trinajstić information content (AvgIpc) is 2.14. The van der Waals surface area contributed by atoms with Gasteiger partial charge in [-0.1, -0.05) is 30.7 Å². The number of hydrogen-bond acceptors (Lipinski definition) is 1. The zero-order valence-electron chi connectivity index (χ0n) is 7.22. The maximum absolute atomic E-state index is 8.88. The summed E-state index contributed by atoms with van der Waals surface area (Å²) < 4.78 is 0.838.